The lowest BCUT2D eigenvalue weighted by Crippen LogP contribution is -2.42. The van der Waals surface area contributed by atoms with Crippen LogP contribution in [0.4, 0.5) is 0 Å². The Morgan fingerprint density at radius 3 is 2.68 bits per heavy atom. The van der Waals surface area contributed by atoms with Crippen molar-refractivity contribution in [3.63, 3.8) is 0 Å². The van der Waals surface area contributed by atoms with Crippen molar-refractivity contribution in [3.8, 4) is 0 Å². The van der Waals surface area contributed by atoms with Gasteiger partial charge in [0.15, 0.2) is 5.96 Å². The van der Waals surface area contributed by atoms with E-state index in [-0.39, 0.29) is 17.5 Å². The van der Waals surface area contributed by atoms with Crippen LogP contribution in [0.1, 0.15) is 59.8 Å². The molecule has 0 amide bonds. The van der Waals surface area contributed by atoms with E-state index in [9.17, 15) is 4.79 Å². The van der Waals surface area contributed by atoms with Gasteiger partial charge in [0, 0.05) is 38.6 Å². The van der Waals surface area contributed by atoms with E-state index in [1.54, 1.807) is 0 Å². The van der Waals surface area contributed by atoms with E-state index in [1.165, 1.54) is 13.5 Å². The van der Waals surface area contributed by atoms with E-state index in [2.05, 4.69) is 43.1 Å². The normalized spacial score (nSPS) is 21.7. The van der Waals surface area contributed by atoms with Gasteiger partial charge in [-0.1, -0.05) is 20.8 Å². The molecule has 1 aliphatic rings. The number of methoxy groups -OCH3 is 1. The molecule has 2 atom stereocenters. The summed E-state index contributed by atoms with van der Waals surface area (Å²) in [6, 6.07) is 0. The maximum Gasteiger partial charge on any atom is 0.305 e. The quantitative estimate of drug-likeness (QED) is 0.303. The Hall–Kier alpha value is -1.30. The van der Waals surface area contributed by atoms with Gasteiger partial charge < -0.3 is 20.1 Å². The first-order chi connectivity index (χ1) is 11.9. The first-order valence-corrected chi connectivity index (χ1v) is 9.59. The van der Waals surface area contributed by atoms with Gasteiger partial charge in [-0.15, -0.1) is 0 Å². The van der Waals surface area contributed by atoms with Gasteiger partial charge in [-0.25, -0.2) is 0 Å². The van der Waals surface area contributed by atoms with Crippen LogP contribution >= 0.6 is 0 Å². The Morgan fingerprint density at radius 2 is 2.04 bits per heavy atom. The fourth-order valence-electron chi connectivity index (χ4n) is 3.24. The number of nitrogens with zero attached hydrogens (tertiary/aromatic N) is 1. The van der Waals surface area contributed by atoms with Crippen molar-refractivity contribution in [3.05, 3.63) is 0 Å². The monoisotopic (exact) mass is 355 g/mol. The van der Waals surface area contributed by atoms with Crippen molar-refractivity contribution in [1.82, 2.24) is 10.6 Å². The third kappa shape index (κ3) is 8.56. The second-order valence-corrected chi connectivity index (χ2v) is 7.74. The molecule has 0 aromatic carbocycles. The van der Waals surface area contributed by atoms with Gasteiger partial charge in [-0.3, -0.25) is 9.79 Å². The van der Waals surface area contributed by atoms with Crippen LogP contribution < -0.4 is 10.6 Å². The molecule has 146 valence electrons. The molecule has 2 unspecified atom stereocenters. The molecule has 0 aromatic heterocycles. The van der Waals surface area contributed by atoms with Crippen LogP contribution in [0.15, 0.2) is 4.99 Å². The second-order valence-electron chi connectivity index (χ2n) is 7.74. The van der Waals surface area contributed by atoms with Crippen molar-refractivity contribution >= 4 is 11.9 Å². The van der Waals surface area contributed by atoms with Crippen molar-refractivity contribution in [2.24, 2.45) is 16.3 Å². The Balaban J connectivity index is 2.46. The van der Waals surface area contributed by atoms with Crippen molar-refractivity contribution in [1.29, 1.82) is 0 Å². The molecular weight excluding hydrogens is 318 g/mol. The molecule has 0 spiro atoms. The molecule has 0 saturated carbocycles. The van der Waals surface area contributed by atoms with Gasteiger partial charge in [0.05, 0.1) is 13.2 Å². The lowest BCUT2D eigenvalue weighted by atomic mass is 9.78. The third-order valence-corrected chi connectivity index (χ3v) is 4.45. The number of esters is 1. The highest BCUT2D eigenvalue weighted by Crippen LogP contribution is 2.34. The van der Waals surface area contributed by atoms with E-state index in [0.717, 1.165) is 51.5 Å². The Morgan fingerprint density at radius 1 is 1.28 bits per heavy atom. The summed E-state index contributed by atoms with van der Waals surface area (Å²) in [6.07, 6.45) is 4.75. The number of ether oxygens (including phenoxy) is 2. The number of unbranched alkanes of at least 4 members (excludes halogenated alkanes) is 1. The number of carbonyl (C=O) groups excluding carboxylic acids is 1. The second kappa shape index (κ2) is 11.3. The van der Waals surface area contributed by atoms with Crippen molar-refractivity contribution in [2.45, 2.75) is 65.9 Å². The average molecular weight is 356 g/mol. The smallest absolute Gasteiger partial charge is 0.305 e. The lowest BCUT2D eigenvalue weighted by molar-refractivity contribution is -0.140. The fourth-order valence-corrected chi connectivity index (χ4v) is 3.24. The number of aliphatic imine (C=N–C) groups is 1. The van der Waals surface area contributed by atoms with Crippen LogP contribution in [0.5, 0.6) is 0 Å². The number of guanidine groups is 1. The molecule has 1 fully saturated rings. The number of nitrogens with one attached hydrogen (secondary N) is 2. The van der Waals surface area contributed by atoms with E-state index in [0.29, 0.717) is 12.3 Å². The Labute approximate surface area is 153 Å². The minimum Gasteiger partial charge on any atom is -0.469 e. The molecule has 6 heteroatoms. The van der Waals surface area contributed by atoms with Gasteiger partial charge >= 0.3 is 5.97 Å². The summed E-state index contributed by atoms with van der Waals surface area (Å²) in [6.45, 7) is 12.1. The molecule has 1 rings (SSSR count). The summed E-state index contributed by atoms with van der Waals surface area (Å²) in [7, 11) is 1.43. The third-order valence-electron chi connectivity index (χ3n) is 4.45. The summed E-state index contributed by atoms with van der Waals surface area (Å²) in [4.78, 5) is 15.9. The predicted molar refractivity (Wildman–Crippen MR) is 102 cm³/mol. The minimum atomic E-state index is -0.147. The largest absolute Gasteiger partial charge is 0.469 e. The number of rotatable bonds is 8. The van der Waals surface area contributed by atoms with Gasteiger partial charge in [-0.2, -0.15) is 0 Å². The molecule has 0 aromatic rings. The van der Waals surface area contributed by atoms with Crippen LogP contribution in [0.2, 0.25) is 0 Å². The van der Waals surface area contributed by atoms with Gasteiger partial charge in [0.2, 0.25) is 0 Å². The van der Waals surface area contributed by atoms with Crippen LogP contribution in [0.25, 0.3) is 0 Å². The Bertz CT molecular complexity index is 419. The number of hydrogen-bond acceptors (Lipinski definition) is 4. The SMILES string of the molecule is CCNC(=NCC1CCCOC1C(C)(C)C)NCCCCC(=O)OC. The summed E-state index contributed by atoms with van der Waals surface area (Å²) in [5, 5.41) is 6.64. The zero-order valence-corrected chi connectivity index (χ0v) is 16.7. The topological polar surface area (TPSA) is 72.0 Å². The maximum atomic E-state index is 11.1. The highest BCUT2D eigenvalue weighted by Gasteiger charge is 2.35. The molecule has 1 saturated heterocycles. The molecule has 0 bridgehead atoms. The summed E-state index contributed by atoms with van der Waals surface area (Å²) >= 11 is 0. The van der Waals surface area contributed by atoms with E-state index in [1.807, 2.05) is 0 Å². The highest BCUT2D eigenvalue weighted by atomic mass is 16.5. The summed E-state index contributed by atoms with van der Waals surface area (Å²) < 4.78 is 10.7. The first-order valence-electron chi connectivity index (χ1n) is 9.59. The molecule has 6 nitrogen and oxygen atoms in total. The molecule has 25 heavy (non-hydrogen) atoms. The zero-order chi connectivity index (χ0) is 18.7. The molecule has 2 N–H and O–H groups in total. The highest BCUT2D eigenvalue weighted by molar-refractivity contribution is 5.79. The van der Waals surface area contributed by atoms with Crippen molar-refractivity contribution in [2.75, 3.05) is 33.4 Å². The van der Waals surface area contributed by atoms with Crippen LogP contribution in [0.3, 0.4) is 0 Å². The van der Waals surface area contributed by atoms with Crippen LogP contribution in [-0.2, 0) is 14.3 Å². The van der Waals surface area contributed by atoms with Gasteiger partial charge in [0.1, 0.15) is 0 Å². The van der Waals surface area contributed by atoms with E-state index in [4.69, 9.17) is 9.73 Å². The summed E-state index contributed by atoms with van der Waals surface area (Å²) in [5.74, 6) is 1.16. The van der Waals surface area contributed by atoms with Crippen LogP contribution in [-0.4, -0.2) is 51.4 Å². The van der Waals surface area contributed by atoms with Crippen LogP contribution in [0, 0.1) is 11.3 Å². The lowest BCUT2D eigenvalue weighted by Gasteiger charge is -2.39. The average Bonchev–Trinajstić information content (AvgIpc) is 2.58. The minimum absolute atomic E-state index is 0.139. The molecule has 1 heterocycles. The zero-order valence-electron chi connectivity index (χ0n) is 16.7. The molecule has 1 aliphatic heterocycles. The molecule has 0 radical (unpaired) electrons. The Kier molecular flexibility index (Phi) is 9.86. The first kappa shape index (κ1) is 21.7. The van der Waals surface area contributed by atoms with E-state index >= 15 is 0 Å². The molecular formula is C19H37N3O3. The standard InChI is InChI=1S/C19H37N3O3/c1-6-20-18(21-12-8-7-11-16(23)24-5)22-14-15-10-9-13-25-17(15)19(2,3)4/h15,17H,6-14H2,1-5H3,(H2,20,21,22). The predicted octanol–water partition coefficient (Wildman–Crippen LogP) is 2.73. The van der Waals surface area contributed by atoms with E-state index < -0.39 is 0 Å². The van der Waals surface area contributed by atoms with Crippen molar-refractivity contribution < 1.29 is 14.3 Å². The summed E-state index contributed by atoms with van der Waals surface area (Å²) in [5.41, 5.74) is 0.139. The number of hydrogen-bond donors (Lipinski definition) is 2. The van der Waals surface area contributed by atoms with Gasteiger partial charge in [0.25, 0.3) is 0 Å². The molecule has 0 aliphatic carbocycles. The fraction of sp³-hybridized carbons (Fsp3) is 0.895. The maximum absolute atomic E-state index is 11.1. The van der Waals surface area contributed by atoms with Gasteiger partial charge in [-0.05, 0) is 38.0 Å². The number of carbonyl (C=O) groups is 1.